The van der Waals surface area contributed by atoms with Gasteiger partial charge < -0.3 is 10.1 Å². The molecule has 0 unspecified atom stereocenters. The van der Waals surface area contributed by atoms with Gasteiger partial charge in [-0.2, -0.15) is 0 Å². The number of sulfonamides is 1. The fourth-order valence-corrected chi connectivity index (χ4v) is 2.04. The molecule has 0 saturated heterocycles. The average Bonchev–Trinajstić information content (AvgIpc) is 3.17. The summed E-state index contributed by atoms with van der Waals surface area (Å²) in [4.78, 5) is 4.01. The molecule has 0 atom stereocenters. The Labute approximate surface area is 113 Å². The van der Waals surface area contributed by atoms with Crippen LogP contribution in [-0.2, 0) is 14.8 Å². The van der Waals surface area contributed by atoms with Gasteiger partial charge in [-0.25, -0.2) is 18.5 Å². The van der Waals surface area contributed by atoms with Gasteiger partial charge in [0.15, 0.2) is 0 Å². The number of primary sulfonamides is 1. The second kappa shape index (κ2) is 6.31. The summed E-state index contributed by atoms with van der Waals surface area (Å²) in [7, 11) is -3.66. The highest BCUT2D eigenvalue weighted by molar-refractivity contribution is 7.89. The van der Waals surface area contributed by atoms with E-state index in [-0.39, 0.29) is 4.90 Å². The average molecular weight is 285 g/mol. The van der Waals surface area contributed by atoms with Crippen molar-refractivity contribution in [3.63, 3.8) is 0 Å². The van der Waals surface area contributed by atoms with Crippen molar-refractivity contribution in [3.8, 4) is 0 Å². The molecule has 1 aromatic rings. The van der Waals surface area contributed by atoms with Gasteiger partial charge in [-0.3, -0.25) is 0 Å². The normalized spacial score (nSPS) is 15.4. The molecular weight excluding hydrogens is 266 g/mol. The molecule has 2 rings (SSSR count). The van der Waals surface area contributed by atoms with E-state index >= 15 is 0 Å². The summed E-state index contributed by atoms with van der Waals surface area (Å²) in [6.45, 7) is 2.35. The lowest BCUT2D eigenvalue weighted by molar-refractivity contribution is 0.124. The number of anilines is 1. The monoisotopic (exact) mass is 285 g/mol. The number of pyridine rings is 1. The van der Waals surface area contributed by atoms with E-state index in [4.69, 9.17) is 9.88 Å². The van der Waals surface area contributed by atoms with Crippen molar-refractivity contribution in [1.29, 1.82) is 0 Å². The molecule has 0 aliphatic heterocycles. The third-order valence-electron chi connectivity index (χ3n) is 2.89. The molecule has 19 heavy (non-hydrogen) atoms. The van der Waals surface area contributed by atoms with Crippen molar-refractivity contribution >= 4 is 15.8 Å². The van der Waals surface area contributed by atoms with Gasteiger partial charge in [0.2, 0.25) is 10.0 Å². The van der Waals surface area contributed by atoms with Crippen molar-refractivity contribution in [2.75, 3.05) is 25.1 Å². The van der Waals surface area contributed by atoms with E-state index in [1.54, 1.807) is 6.07 Å². The summed E-state index contributed by atoms with van der Waals surface area (Å²) >= 11 is 0. The van der Waals surface area contributed by atoms with Crippen molar-refractivity contribution in [1.82, 2.24) is 4.98 Å². The second-order valence-electron chi connectivity index (χ2n) is 4.72. The van der Waals surface area contributed by atoms with Gasteiger partial charge in [0.05, 0.1) is 0 Å². The van der Waals surface area contributed by atoms with Crippen molar-refractivity contribution in [2.45, 2.75) is 24.2 Å². The van der Waals surface area contributed by atoms with Crippen LogP contribution in [0.5, 0.6) is 0 Å². The van der Waals surface area contributed by atoms with Crippen LogP contribution in [-0.4, -0.2) is 33.2 Å². The smallest absolute Gasteiger partial charge is 0.239 e. The zero-order chi connectivity index (χ0) is 13.7. The first kappa shape index (κ1) is 14.2. The molecule has 1 saturated carbocycles. The minimum absolute atomic E-state index is 0.0193. The van der Waals surface area contributed by atoms with Crippen LogP contribution in [0.1, 0.15) is 19.3 Å². The van der Waals surface area contributed by atoms with Gasteiger partial charge in [-0.1, -0.05) is 0 Å². The molecule has 7 heteroatoms. The molecule has 6 nitrogen and oxygen atoms in total. The second-order valence-corrected chi connectivity index (χ2v) is 6.28. The standard InChI is InChI=1S/C12H19N3O3S/c13-19(16,17)11-4-5-12(15-8-11)14-6-1-7-18-9-10-2-3-10/h4-5,8,10H,1-3,6-7,9H2,(H,14,15)(H2,13,16,17). The quantitative estimate of drug-likeness (QED) is 0.694. The molecule has 3 N–H and O–H groups in total. The highest BCUT2D eigenvalue weighted by Gasteiger charge is 2.20. The summed E-state index contributed by atoms with van der Waals surface area (Å²) < 4.78 is 27.6. The number of rotatable bonds is 8. The van der Waals surface area contributed by atoms with Crippen LogP contribution in [0.2, 0.25) is 0 Å². The van der Waals surface area contributed by atoms with Gasteiger partial charge in [0.25, 0.3) is 0 Å². The third kappa shape index (κ3) is 5.14. The summed E-state index contributed by atoms with van der Waals surface area (Å²) in [5.41, 5.74) is 0. The van der Waals surface area contributed by atoms with E-state index in [1.807, 2.05) is 0 Å². The van der Waals surface area contributed by atoms with Gasteiger partial charge in [-0.15, -0.1) is 0 Å². The number of hydrogen-bond acceptors (Lipinski definition) is 5. The van der Waals surface area contributed by atoms with Crippen LogP contribution in [0.3, 0.4) is 0 Å². The summed E-state index contributed by atoms with van der Waals surface area (Å²) in [6.07, 6.45) is 4.75. The van der Waals surface area contributed by atoms with Crippen LogP contribution in [0.15, 0.2) is 23.2 Å². The highest BCUT2D eigenvalue weighted by atomic mass is 32.2. The zero-order valence-corrected chi connectivity index (χ0v) is 11.5. The molecule has 0 bridgehead atoms. The van der Waals surface area contributed by atoms with Crippen LogP contribution in [0, 0.1) is 5.92 Å². The topological polar surface area (TPSA) is 94.3 Å². The van der Waals surface area contributed by atoms with Crippen LogP contribution in [0.4, 0.5) is 5.82 Å². The first-order valence-corrected chi connectivity index (χ1v) is 7.91. The van der Waals surface area contributed by atoms with E-state index < -0.39 is 10.0 Å². The fourth-order valence-electron chi connectivity index (χ4n) is 1.58. The molecule has 1 fully saturated rings. The molecule has 1 heterocycles. The SMILES string of the molecule is NS(=O)(=O)c1ccc(NCCCOCC2CC2)nc1. The Balaban J connectivity index is 1.65. The molecule has 0 amide bonds. The molecular formula is C12H19N3O3S. The summed E-state index contributed by atoms with van der Waals surface area (Å²) in [5, 5.41) is 8.09. The Morgan fingerprint density at radius 3 is 2.79 bits per heavy atom. The number of nitrogens with zero attached hydrogens (tertiary/aromatic N) is 1. The van der Waals surface area contributed by atoms with E-state index in [2.05, 4.69) is 10.3 Å². The lowest BCUT2D eigenvalue weighted by atomic mass is 10.4. The number of aromatic nitrogens is 1. The molecule has 0 spiro atoms. The third-order valence-corrected chi connectivity index (χ3v) is 3.79. The first-order chi connectivity index (χ1) is 9.05. The number of nitrogens with two attached hydrogens (primary N) is 1. The van der Waals surface area contributed by atoms with Crippen molar-refractivity contribution in [2.24, 2.45) is 11.1 Å². The van der Waals surface area contributed by atoms with E-state index in [0.717, 1.165) is 32.1 Å². The summed E-state index contributed by atoms with van der Waals surface area (Å²) in [6, 6.07) is 3.04. The van der Waals surface area contributed by atoms with E-state index in [9.17, 15) is 8.42 Å². The lowest BCUT2D eigenvalue weighted by Gasteiger charge is -2.06. The van der Waals surface area contributed by atoms with E-state index in [1.165, 1.54) is 25.1 Å². The van der Waals surface area contributed by atoms with Crippen molar-refractivity contribution in [3.05, 3.63) is 18.3 Å². The maximum absolute atomic E-state index is 11.0. The number of hydrogen-bond donors (Lipinski definition) is 2. The Bertz CT molecular complexity index is 497. The predicted octanol–water partition coefficient (Wildman–Crippen LogP) is 0.958. The predicted molar refractivity (Wildman–Crippen MR) is 72.3 cm³/mol. The first-order valence-electron chi connectivity index (χ1n) is 6.36. The Morgan fingerprint density at radius 1 is 1.42 bits per heavy atom. The Morgan fingerprint density at radius 2 is 2.21 bits per heavy atom. The number of nitrogens with one attached hydrogen (secondary N) is 1. The fraction of sp³-hybridized carbons (Fsp3) is 0.583. The lowest BCUT2D eigenvalue weighted by Crippen LogP contribution is -2.13. The number of ether oxygens (including phenoxy) is 1. The van der Waals surface area contributed by atoms with Crippen LogP contribution in [0.25, 0.3) is 0 Å². The molecule has 0 radical (unpaired) electrons. The largest absolute Gasteiger partial charge is 0.381 e. The maximum Gasteiger partial charge on any atom is 0.239 e. The Kier molecular flexibility index (Phi) is 4.73. The minimum atomic E-state index is -3.66. The molecule has 1 aliphatic rings. The van der Waals surface area contributed by atoms with Crippen LogP contribution >= 0.6 is 0 Å². The highest BCUT2D eigenvalue weighted by Crippen LogP contribution is 2.28. The molecule has 0 aromatic carbocycles. The van der Waals surface area contributed by atoms with Crippen molar-refractivity contribution < 1.29 is 13.2 Å². The maximum atomic E-state index is 11.0. The zero-order valence-electron chi connectivity index (χ0n) is 10.7. The molecule has 106 valence electrons. The molecule has 1 aromatic heterocycles. The van der Waals surface area contributed by atoms with Gasteiger partial charge in [0, 0.05) is 26.0 Å². The van der Waals surface area contributed by atoms with Gasteiger partial charge in [-0.05, 0) is 37.3 Å². The molecule has 1 aliphatic carbocycles. The van der Waals surface area contributed by atoms with Gasteiger partial charge >= 0.3 is 0 Å². The summed E-state index contributed by atoms with van der Waals surface area (Å²) in [5.74, 6) is 1.43. The van der Waals surface area contributed by atoms with Crippen LogP contribution < -0.4 is 10.5 Å². The Hall–Kier alpha value is -1.18. The van der Waals surface area contributed by atoms with Gasteiger partial charge in [0.1, 0.15) is 10.7 Å². The van der Waals surface area contributed by atoms with E-state index in [0.29, 0.717) is 5.82 Å². The minimum Gasteiger partial charge on any atom is -0.381 e.